The number of anilines is 1. The van der Waals surface area contributed by atoms with Gasteiger partial charge in [-0.1, -0.05) is 42.5 Å². The highest BCUT2D eigenvalue weighted by molar-refractivity contribution is 6.05. The molecule has 5 heteroatoms. The van der Waals surface area contributed by atoms with Crippen LogP contribution in [0.5, 0.6) is 0 Å². The minimum Gasteiger partial charge on any atom is -0.349 e. The highest BCUT2D eigenvalue weighted by Gasteiger charge is 2.21. The maximum Gasteiger partial charge on any atom is 0.258 e. The average Bonchev–Trinajstić information content (AvgIpc) is 2.75. The van der Waals surface area contributed by atoms with Gasteiger partial charge in [-0.3, -0.25) is 9.59 Å². The first-order valence-corrected chi connectivity index (χ1v) is 10.1. The van der Waals surface area contributed by atoms with E-state index < -0.39 is 11.7 Å². The van der Waals surface area contributed by atoms with Crippen LogP contribution in [-0.4, -0.2) is 17.9 Å². The van der Waals surface area contributed by atoms with Gasteiger partial charge in [0.25, 0.3) is 11.8 Å². The lowest BCUT2D eigenvalue weighted by atomic mass is 9.88. The van der Waals surface area contributed by atoms with Crippen molar-refractivity contribution in [2.45, 2.75) is 32.2 Å². The van der Waals surface area contributed by atoms with Crippen LogP contribution in [0.15, 0.2) is 66.7 Å². The molecular formula is C25H23FN2O2. The first kappa shape index (κ1) is 19.8. The number of carbonyl (C=O) groups excluding carboxylic acids is 2. The SMILES string of the molecule is Cc1ccc(C(=O)NC2CCc3ccccc3C2)cc1NC(=O)c1ccccc1F. The van der Waals surface area contributed by atoms with E-state index in [1.807, 2.05) is 19.1 Å². The smallest absolute Gasteiger partial charge is 0.258 e. The molecule has 2 amide bonds. The first-order chi connectivity index (χ1) is 14.5. The number of hydrogen-bond acceptors (Lipinski definition) is 2. The summed E-state index contributed by atoms with van der Waals surface area (Å²) in [4.78, 5) is 25.3. The van der Waals surface area contributed by atoms with Crippen LogP contribution in [0.2, 0.25) is 0 Å². The number of halogens is 1. The number of hydrogen-bond donors (Lipinski definition) is 2. The molecule has 4 rings (SSSR count). The fourth-order valence-corrected chi connectivity index (χ4v) is 3.82. The van der Waals surface area contributed by atoms with E-state index in [9.17, 15) is 14.0 Å². The zero-order chi connectivity index (χ0) is 21.1. The van der Waals surface area contributed by atoms with Crippen molar-refractivity contribution in [1.29, 1.82) is 0 Å². The standard InChI is InChI=1S/C25H23FN2O2/c1-16-10-11-19(15-23(16)28-25(30)21-8-4-5-9-22(21)26)24(29)27-20-13-12-17-6-2-3-7-18(17)14-20/h2-11,15,20H,12-14H2,1H3,(H,27,29)(H,28,30). The molecule has 0 saturated heterocycles. The minimum atomic E-state index is -0.584. The number of rotatable bonds is 4. The Morgan fingerprint density at radius 2 is 1.67 bits per heavy atom. The summed E-state index contributed by atoms with van der Waals surface area (Å²) in [5.41, 5.74) is 4.33. The van der Waals surface area contributed by atoms with Gasteiger partial charge < -0.3 is 10.6 Å². The monoisotopic (exact) mass is 402 g/mol. The highest BCUT2D eigenvalue weighted by atomic mass is 19.1. The molecule has 1 atom stereocenters. The van der Waals surface area contributed by atoms with Crippen LogP contribution in [0.1, 0.15) is 43.8 Å². The van der Waals surface area contributed by atoms with E-state index in [0.717, 1.165) is 24.8 Å². The van der Waals surface area contributed by atoms with E-state index >= 15 is 0 Å². The lowest BCUT2D eigenvalue weighted by Crippen LogP contribution is -2.38. The quantitative estimate of drug-likeness (QED) is 0.666. The van der Waals surface area contributed by atoms with Crippen LogP contribution in [0.4, 0.5) is 10.1 Å². The van der Waals surface area contributed by atoms with Crippen molar-refractivity contribution in [2.75, 3.05) is 5.32 Å². The van der Waals surface area contributed by atoms with E-state index in [-0.39, 0.29) is 17.5 Å². The molecule has 0 aliphatic heterocycles. The van der Waals surface area contributed by atoms with Gasteiger partial charge in [0.2, 0.25) is 0 Å². The molecule has 30 heavy (non-hydrogen) atoms. The molecule has 0 aromatic heterocycles. The molecule has 0 radical (unpaired) electrons. The number of amides is 2. The van der Waals surface area contributed by atoms with Crippen molar-refractivity contribution in [3.05, 3.63) is 100 Å². The number of benzene rings is 3. The summed E-state index contributed by atoms with van der Waals surface area (Å²) >= 11 is 0. The average molecular weight is 402 g/mol. The van der Waals surface area contributed by atoms with Crippen LogP contribution in [0.3, 0.4) is 0 Å². The van der Waals surface area contributed by atoms with Crippen molar-refractivity contribution in [1.82, 2.24) is 5.32 Å². The summed E-state index contributed by atoms with van der Waals surface area (Å²) in [5, 5.41) is 5.83. The van der Waals surface area contributed by atoms with Crippen LogP contribution in [0.25, 0.3) is 0 Å². The van der Waals surface area contributed by atoms with Gasteiger partial charge in [-0.25, -0.2) is 4.39 Å². The van der Waals surface area contributed by atoms with Crippen LogP contribution in [0, 0.1) is 12.7 Å². The molecule has 3 aromatic carbocycles. The third kappa shape index (κ3) is 4.25. The summed E-state index contributed by atoms with van der Waals surface area (Å²) in [6.07, 6.45) is 2.65. The predicted octanol–water partition coefficient (Wildman–Crippen LogP) is 4.67. The largest absolute Gasteiger partial charge is 0.349 e. The Bertz CT molecular complexity index is 1110. The zero-order valence-corrected chi connectivity index (χ0v) is 16.7. The number of carbonyl (C=O) groups is 2. The van der Waals surface area contributed by atoms with E-state index in [1.165, 1.54) is 29.3 Å². The van der Waals surface area contributed by atoms with E-state index in [1.54, 1.807) is 24.3 Å². The Morgan fingerprint density at radius 3 is 2.47 bits per heavy atom. The molecule has 1 unspecified atom stereocenters. The van der Waals surface area contributed by atoms with E-state index in [4.69, 9.17) is 0 Å². The van der Waals surface area contributed by atoms with Gasteiger partial charge in [-0.05, 0) is 67.1 Å². The molecule has 152 valence electrons. The van der Waals surface area contributed by atoms with Crippen molar-refractivity contribution in [3.63, 3.8) is 0 Å². The summed E-state index contributed by atoms with van der Waals surface area (Å²) in [6.45, 7) is 1.83. The molecule has 0 heterocycles. The first-order valence-electron chi connectivity index (χ1n) is 10.1. The van der Waals surface area contributed by atoms with Crippen molar-refractivity contribution in [3.8, 4) is 0 Å². The van der Waals surface area contributed by atoms with Crippen molar-refractivity contribution in [2.24, 2.45) is 0 Å². The summed E-state index contributed by atoms with van der Waals surface area (Å²) in [7, 11) is 0. The molecule has 1 aliphatic carbocycles. The normalized spacial score (nSPS) is 15.2. The molecule has 1 aliphatic rings. The molecule has 0 fully saturated rings. The summed E-state index contributed by atoms with van der Waals surface area (Å²) < 4.78 is 13.9. The maximum atomic E-state index is 13.9. The lowest BCUT2D eigenvalue weighted by molar-refractivity contribution is 0.0932. The van der Waals surface area contributed by atoms with Crippen molar-refractivity contribution < 1.29 is 14.0 Å². The summed E-state index contributed by atoms with van der Waals surface area (Å²) in [6, 6.07) is 19.4. The topological polar surface area (TPSA) is 58.2 Å². The van der Waals surface area contributed by atoms with Gasteiger partial charge in [0, 0.05) is 17.3 Å². The second-order valence-corrected chi connectivity index (χ2v) is 7.65. The van der Waals surface area contributed by atoms with E-state index in [0.29, 0.717) is 11.3 Å². The summed E-state index contributed by atoms with van der Waals surface area (Å²) in [5.74, 6) is -1.31. The molecule has 0 saturated carbocycles. The number of aryl methyl sites for hydroxylation is 2. The Balaban J connectivity index is 1.47. The Kier molecular flexibility index (Phi) is 5.61. The minimum absolute atomic E-state index is 0.0346. The second kappa shape index (κ2) is 8.49. The Morgan fingerprint density at radius 1 is 0.933 bits per heavy atom. The van der Waals surface area contributed by atoms with Crippen LogP contribution in [-0.2, 0) is 12.8 Å². The number of nitrogens with one attached hydrogen (secondary N) is 2. The molecule has 3 aromatic rings. The molecular weight excluding hydrogens is 379 g/mol. The molecule has 0 bridgehead atoms. The fraction of sp³-hybridized carbons (Fsp3) is 0.200. The van der Waals surface area contributed by atoms with E-state index in [2.05, 4.69) is 22.8 Å². The van der Waals surface area contributed by atoms with Gasteiger partial charge in [-0.15, -0.1) is 0 Å². The second-order valence-electron chi connectivity index (χ2n) is 7.65. The molecule has 0 spiro atoms. The van der Waals surface area contributed by atoms with Crippen LogP contribution < -0.4 is 10.6 Å². The van der Waals surface area contributed by atoms with Crippen molar-refractivity contribution >= 4 is 17.5 Å². The lowest BCUT2D eigenvalue weighted by Gasteiger charge is -2.25. The third-order valence-corrected chi connectivity index (χ3v) is 5.55. The van der Waals surface area contributed by atoms with Gasteiger partial charge in [0.1, 0.15) is 5.82 Å². The zero-order valence-electron chi connectivity index (χ0n) is 16.7. The fourth-order valence-electron chi connectivity index (χ4n) is 3.82. The third-order valence-electron chi connectivity index (χ3n) is 5.55. The van der Waals surface area contributed by atoms with Gasteiger partial charge in [0.15, 0.2) is 0 Å². The Labute approximate surface area is 175 Å². The van der Waals surface area contributed by atoms with Gasteiger partial charge in [0.05, 0.1) is 5.56 Å². The number of fused-ring (bicyclic) bond motifs is 1. The van der Waals surface area contributed by atoms with Gasteiger partial charge in [-0.2, -0.15) is 0 Å². The molecule has 2 N–H and O–H groups in total. The highest BCUT2D eigenvalue weighted by Crippen LogP contribution is 2.22. The predicted molar refractivity (Wildman–Crippen MR) is 115 cm³/mol. The van der Waals surface area contributed by atoms with Crippen LogP contribution >= 0.6 is 0 Å². The maximum absolute atomic E-state index is 13.9. The Hall–Kier alpha value is -3.47. The molecule has 4 nitrogen and oxygen atoms in total. The van der Waals surface area contributed by atoms with Gasteiger partial charge >= 0.3 is 0 Å².